The van der Waals surface area contributed by atoms with Gasteiger partial charge >= 0.3 is 0 Å². The maximum absolute atomic E-state index is 9.29. The van der Waals surface area contributed by atoms with Crippen LogP contribution in [-0.2, 0) is 6.54 Å². The number of nitrogens with one attached hydrogen (secondary N) is 1. The number of rotatable bonds is 7. The fourth-order valence-corrected chi connectivity index (χ4v) is 2.51. The van der Waals surface area contributed by atoms with Gasteiger partial charge in [0.15, 0.2) is 0 Å². The average Bonchev–Trinajstić information content (AvgIpc) is 2.83. The molecule has 4 atom stereocenters. The van der Waals surface area contributed by atoms with E-state index in [1.807, 2.05) is 6.92 Å². The predicted molar refractivity (Wildman–Crippen MR) is 72.4 cm³/mol. The Morgan fingerprint density at radius 3 is 2.78 bits per heavy atom. The molecular weight excluding hydrogens is 226 g/mol. The Labute approximate surface area is 110 Å². The number of hydrogen-bond donors (Lipinski definition) is 2. The lowest BCUT2D eigenvalue weighted by Crippen LogP contribution is -2.22. The molecule has 1 saturated carbocycles. The summed E-state index contributed by atoms with van der Waals surface area (Å²) in [7, 11) is 0. The molecule has 1 fully saturated rings. The van der Waals surface area contributed by atoms with Gasteiger partial charge in [-0.05, 0) is 50.3 Å². The van der Waals surface area contributed by atoms with Crippen molar-refractivity contribution in [2.24, 2.45) is 11.8 Å². The Hall–Kier alpha value is -0.800. The molecule has 1 heterocycles. The normalized spacial score (nSPS) is 26.0. The van der Waals surface area contributed by atoms with Gasteiger partial charge in [-0.25, -0.2) is 0 Å². The van der Waals surface area contributed by atoms with E-state index in [1.54, 1.807) is 0 Å². The monoisotopic (exact) mass is 251 g/mol. The van der Waals surface area contributed by atoms with Gasteiger partial charge in [-0.2, -0.15) is 0 Å². The minimum atomic E-state index is -0.214. The van der Waals surface area contributed by atoms with Crippen LogP contribution in [0.3, 0.4) is 0 Å². The lowest BCUT2D eigenvalue weighted by atomic mass is 10.1. The van der Waals surface area contributed by atoms with Crippen molar-refractivity contribution < 1.29 is 9.52 Å². The van der Waals surface area contributed by atoms with E-state index >= 15 is 0 Å². The van der Waals surface area contributed by atoms with Crippen LogP contribution in [0.15, 0.2) is 16.5 Å². The number of aliphatic hydroxyl groups is 1. The van der Waals surface area contributed by atoms with Gasteiger partial charge in [-0.1, -0.05) is 13.8 Å². The summed E-state index contributed by atoms with van der Waals surface area (Å²) in [6.45, 7) is 7.96. The summed E-state index contributed by atoms with van der Waals surface area (Å²) in [5.74, 6) is 4.11. The first kappa shape index (κ1) is 13.6. The molecule has 0 bridgehead atoms. The zero-order valence-corrected chi connectivity index (χ0v) is 11.6. The van der Waals surface area contributed by atoms with Crippen LogP contribution in [-0.4, -0.2) is 17.8 Å². The molecule has 1 aromatic heterocycles. The summed E-state index contributed by atoms with van der Waals surface area (Å²) in [4.78, 5) is 0. The van der Waals surface area contributed by atoms with Crippen molar-refractivity contribution in [1.29, 1.82) is 0 Å². The third-order valence-electron chi connectivity index (χ3n) is 3.69. The molecule has 0 aromatic carbocycles. The van der Waals surface area contributed by atoms with Crippen LogP contribution in [0.5, 0.6) is 0 Å². The van der Waals surface area contributed by atoms with Crippen molar-refractivity contribution in [3.05, 3.63) is 23.7 Å². The fraction of sp³-hybridized carbons (Fsp3) is 0.733. The van der Waals surface area contributed by atoms with Crippen molar-refractivity contribution in [2.45, 2.75) is 52.2 Å². The molecule has 0 radical (unpaired) electrons. The number of aliphatic hydroxyl groups excluding tert-OH is 1. The van der Waals surface area contributed by atoms with Gasteiger partial charge in [-0.3, -0.25) is 0 Å². The second kappa shape index (κ2) is 5.89. The SMILES string of the molecule is CC(O)CC(C)CNCc1ccc(C2CC2C)o1. The largest absolute Gasteiger partial charge is 0.464 e. The predicted octanol–water partition coefficient (Wildman–Crippen LogP) is 2.90. The molecule has 0 amide bonds. The molecule has 1 aliphatic rings. The van der Waals surface area contributed by atoms with Crippen LogP contribution >= 0.6 is 0 Å². The summed E-state index contributed by atoms with van der Waals surface area (Å²) in [5, 5.41) is 12.7. The second-order valence-corrected chi connectivity index (χ2v) is 5.94. The summed E-state index contributed by atoms with van der Waals surface area (Å²) in [6, 6.07) is 4.19. The van der Waals surface area contributed by atoms with Gasteiger partial charge < -0.3 is 14.8 Å². The van der Waals surface area contributed by atoms with Gasteiger partial charge in [0, 0.05) is 5.92 Å². The van der Waals surface area contributed by atoms with E-state index in [0.717, 1.165) is 36.9 Å². The molecule has 1 aliphatic carbocycles. The molecule has 2 rings (SSSR count). The molecule has 18 heavy (non-hydrogen) atoms. The van der Waals surface area contributed by atoms with Crippen molar-refractivity contribution in [1.82, 2.24) is 5.32 Å². The third kappa shape index (κ3) is 3.85. The van der Waals surface area contributed by atoms with Crippen molar-refractivity contribution >= 4 is 0 Å². The van der Waals surface area contributed by atoms with E-state index < -0.39 is 0 Å². The van der Waals surface area contributed by atoms with Crippen LogP contribution < -0.4 is 5.32 Å². The van der Waals surface area contributed by atoms with Crippen LogP contribution in [0.4, 0.5) is 0 Å². The Morgan fingerprint density at radius 2 is 2.17 bits per heavy atom. The molecule has 3 heteroatoms. The lowest BCUT2D eigenvalue weighted by molar-refractivity contribution is 0.163. The minimum absolute atomic E-state index is 0.214. The van der Waals surface area contributed by atoms with E-state index in [-0.39, 0.29) is 6.10 Å². The maximum Gasteiger partial charge on any atom is 0.117 e. The van der Waals surface area contributed by atoms with Crippen LogP contribution in [0.25, 0.3) is 0 Å². The van der Waals surface area contributed by atoms with Crippen molar-refractivity contribution in [3.8, 4) is 0 Å². The summed E-state index contributed by atoms with van der Waals surface area (Å²) < 4.78 is 5.83. The summed E-state index contributed by atoms with van der Waals surface area (Å²) >= 11 is 0. The van der Waals surface area contributed by atoms with E-state index in [1.165, 1.54) is 6.42 Å². The minimum Gasteiger partial charge on any atom is -0.464 e. The zero-order valence-electron chi connectivity index (χ0n) is 11.6. The Kier molecular flexibility index (Phi) is 4.46. The third-order valence-corrected chi connectivity index (χ3v) is 3.69. The van der Waals surface area contributed by atoms with E-state index in [9.17, 15) is 5.11 Å². The fourth-order valence-electron chi connectivity index (χ4n) is 2.51. The molecule has 3 nitrogen and oxygen atoms in total. The molecular formula is C15H25NO2. The topological polar surface area (TPSA) is 45.4 Å². The highest BCUT2D eigenvalue weighted by molar-refractivity contribution is 5.17. The summed E-state index contributed by atoms with van der Waals surface area (Å²) in [5.41, 5.74) is 0. The van der Waals surface area contributed by atoms with E-state index in [2.05, 4.69) is 31.3 Å². The first-order chi connectivity index (χ1) is 8.56. The van der Waals surface area contributed by atoms with Gasteiger partial charge in [0.1, 0.15) is 11.5 Å². The molecule has 1 aromatic rings. The first-order valence-electron chi connectivity index (χ1n) is 7.03. The summed E-state index contributed by atoms with van der Waals surface area (Å²) in [6.07, 6.45) is 1.90. The van der Waals surface area contributed by atoms with Gasteiger partial charge in [0.2, 0.25) is 0 Å². The number of furan rings is 1. The molecule has 102 valence electrons. The van der Waals surface area contributed by atoms with E-state index in [0.29, 0.717) is 11.8 Å². The average molecular weight is 251 g/mol. The second-order valence-electron chi connectivity index (χ2n) is 5.94. The van der Waals surface area contributed by atoms with E-state index in [4.69, 9.17) is 4.42 Å². The molecule has 0 spiro atoms. The van der Waals surface area contributed by atoms with Gasteiger partial charge in [0.05, 0.1) is 12.6 Å². The van der Waals surface area contributed by atoms with Crippen LogP contribution in [0.2, 0.25) is 0 Å². The Morgan fingerprint density at radius 1 is 1.44 bits per heavy atom. The van der Waals surface area contributed by atoms with Crippen LogP contribution in [0, 0.1) is 11.8 Å². The Balaban J connectivity index is 1.69. The standard InChI is InChI=1S/C15H25NO2/c1-10(6-12(3)17)8-16-9-13-4-5-15(18-13)14-7-11(14)2/h4-5,10-12,14,16-17H,6-9H2,1-3H3. The lowest BCUT2D eigenvalue weighted by Gasteiger charge is -2.13. The highest BCUT2D eigenvalue weighted by Gasteiger charge is 2.36. The molecule has 0 aliphatic heterocycles. The number of hydrogen-bond acceptors (Lipinski definition) is 3. The zero-order chi connectivity index (χ0) is 13.1. The molecule has 0 saturated heterocycles. The van der Waals surface area contributed by atoms with Crippen molar-refractivity contribution in [2.75, 3.05) is 6.54 Å². The van der Waals surface area contributed by atoms with Crippen LogP contribution in [0.1, 0.15) is 51.1 Å². The smallest absolute Gasteiger partial charge is 0.117 e. The molecule has 2 N–H and O–H groups in total. The quantitative estimate of drug-likeness (QED) is 0.783. The first-order valence-corrected chi connectivity index (χ1v) is 7.03. The highest BCUT2D eigenvalue weighted by Crippen LogP contribution is 2.47. The maximum atomic E-state index is 9.29. The Bertz CT molecular complexity index is 372. The highest BCUT2D eigenvalue weighted by atomic mass is 16.3. The molecule has 4 unspecified atom stereocenters. The van der Waals surface area contributed by atoms with Gasteiger partial charge in [0.25, 0.3) is 0 Å². The van der Waals surface area contributed by atoms with Gasteiger partial charge in [-0.15, -0.1) is 0 Å². The van der Waals surface area contributed by atoms with Crippen molar-refractivity contribution in [3.63, 3.8) is 0 Å².